The van der Waals surface area contributed by atoms with Gasteiger partial charge in [0.1, 0.15) is 24.4 Å². The number of nitrogens with zero attached hydrogens (tertiary/aromatic N) is 1. The van der Waals surface area contributed by atoms with E-state index < -0.39 is 37.3 Å². The van der Waals surface area contributed by atoms with E-state index in [-0.39, 0.29) is 12.8 Å². The zero-order chi connectivity index (χ0) is 24.3. The predicted molar refractivity (Wildman–Crippen MR) is 121 cm³/mol. The highest BCUT2D eigenvalue weighted by Gasteiger charge is 2.45. The van der Waals surface area contributed by atoms with Gasteiger partial charge in [0.25, 0.3) is 0 Å². The average molecular weight is 488 g/mol. The Morgan fingerprint density at radius 1 is 1.03 bits per heavy atom. The van der Waals surface area contributed by atoms with E-state index in [2.05, 4.69) is 17.0 Å². The maximum atomic E-state index is 10.5. The summed E-state index contributed by atoms with van der Waals surface area (Å²) in [5, 5.41) is 40.3. The molecule has 35 heavy (non-hydrogen) atoms. The molecule has 1 fully saturated rings. The van der Waals surface area contributed by atoms with Crippen LogP contribution in [0.3, 0.4) is 0 Å². The van der Waals surface area contributed by atoms with Gasteiger partial charge in [-0.05, 0) is 47.7 Å². The molecule has 10 heteroatoms. The van der Waals surface area contributed by atoms with E-state index in [1.54, 1.807) is 0 Å². The predicted octanol–water partition coefficient (Wildman–Crippen LogP) is 0.258. The second-order valence-electron chi connectivity index (χ2n) is 9.39. The molecule has 0 saturated carbocycles. The summed E-state index contributed by atoms with van der Waals surface area (Å²) in [5.74, 6) is 2.47. The van der Waals surface area contributed by atoms with Crippen LogP contribution < -0.4 is 18.9 Å². The third-order valence-electron chi connectivity index (χ3n) is 7.50. The molecule has 2 aromatic rings. The van der Waals surface area contributed by atoms with Crippen LogP contribution in [0, 0.1) is 0 Å². The van der Waals surface area contributed by atoms with Gasteiger partial charge in [0.15, 0.2) is 23.0 Å². The topological polar surface area (TPSA) is 130 Å². The van der Waals surface area contributed by atoms with E-state index >= 15 is 0 Å². The van der Waals surface area contributed by atoms with Crippen molar-refractivity contribution in [3.63, 3.8) is 0 Å². The lowest BCUT2D eigenvalue weighted by Gasteiger charge is -2.43. The highest BCUT2D eigenvalue weighted by molar-refractivity contribution is 5.55. The van der Waals surface area contributed by atoms with E-state index in [4.69, 9.17) is 23.7 Å². The van der Waals surface area contributed by atoms with Crippen LogP contribution in [-0.4, -0.2) is 83.1 Å². The molecular weight excluding hydrogens is 458 g/mol. The Bertz CT molecular complexity index is 1120. The van der Waals surface area contributed by atoms with Crippen LogP contribution in [-0.2, 0) is 24.1 Å². The van der Waals surface area contributed by atoms with Gasteiger partial charge in [-0.15, -0.1) is 0 Å². The van der Waals surface area contributed by atoms with Crippen molar-refractivity contribution < 1.29 is 44.1 Å². The van der Waals surface area contributed by atoms with Crippen molar-refractivity contribution in [1.82, 2.24) is 4.90 Å². The number of aliphatic hydroxyl groups excluding tert-OH is 4. The lowest BCUT2D eigenvalue weighted by molar-refractivity contribution is -0.277. The zero-order valence-corrected chi connectivity index (χ0v) is 19.3. The van der Waals surface area contributed by atoms with Gasteiger partial charge in [-0.3, -0.25) is 4.90 Å². The number of ether oxygens (including phenoxy) is 5. The number of hydrogen-bond donors (Lipinski definition) is 4. The highest BCUT2D eigenvalue weighted by atomic mass is 16.7. The Kier molecular flexibility index (Phi) is 5.75. The fraction of sp³-hybridized carbons (Fsp3) is 0.520. The Balaban J connectivity index is 1.33. The second kappa shape index (κ2) is 8.81. The van der Waals surface area contributed by atoms with E-state index in [0.29, 0.717) is 18.0 Å². The molecule has 4 heterocycles. The standard InChI is InChI=1S/C25H29NO9/c1-31-17-3-2-12-6-16-14-8-19-18(32-11-33-19)7-13(14)4-5-26(16)9-15(12)24(17)35-25-23(30)22(29)21(28)20(10-27)34-25/h2-3,7-8,16,20-23,25,27-30H,4-6,9-11H2,1H3/t16?,20-,21-,22+,23-,25+/m0/s1. The Labute approximate surface area is 202 Å². The van der Waals surface area contributed by atoms with Crippen molar-refractivity contribution in [3.8, 4) is 23.0 Å². The van der Waals surface area contributed by atoms with E-state index in [1.807, 2.05) is 12.1 Å². The second-order valence-corrected chi connectivity index (χ2v) is 9.39. The summed E-state index contributed by atoms with van der Waals surface area (Å²) >= 11 is 0. The lowest BCUT2D eigenvalue weighted by atomic mass is 9.83. The third kappa shape index (κ3) is 3.72. The summed E-state index contributed by atoms with van der Waals surface area (Å²) in [4.78, 5) is 2.38. The molecule has 4 N–H and O–H groups in total. The first-order valence-electron chi connectivity index (χ1n) is 11.8. The molecule has 0 spiro atoms. The number of benzene rings is 2. The van der Waals surface area contributed by atoms with Gasteiger partial charge >= 0.3 is 0 Å². The summed E-state index contributed by atoms with van der Waals surface area (Å²) in [6, 6.07) is 8.19. The van der Waals surface area contributed by atoms with Crippen molar-refractivity contribution in [1.29, 1.82) is 0 Å². The number of methoxy groups -OCH3 is 1. The van der Waals surface area contributed by atoms with Gasteiger partial charge in [-0.1, -0.05) is 6.07 Å². The monoisotopic (exact) mass is 487 g/mol. The first kappa shape index (κ1) is 22.8. The largest absolute Gasteiger partial charge is 0.493 e. The van der Waals surface area contributed by atoms with E-state index in [9.17, 15) is 20.4 Å². The smallest absolute Gasteiger partial charge is 0.231 e. The molecule has 1 unspecified atom stereocenters. The summed E-state index contributed by atoms with van der Waals surface area (Å²) < 4.78 is 28.4. The minimum Gasteiger partial charge on any atom is -0.493 e. The van der Waals surface area contributed by atoms with Gasteiger partial charge in [-0.2, -0.15) is 0 Å². The number of rotatable bonds is 4. The van der Waals surface area contributed by atoms with Crippen LogP contribution in [0.1, 0.15) is 28.3 Å². The Morgan fingerprint density at radius 2 is 1.83 bits per heavy atom. The van der Waals surface area contributed by atoms with E-state index in [0.717, 1.165) is 42.0 Å². The molecule has 2 aromatic carbocycles. The van der Waals surface area contributed by atoms with Crippen LogP contribution >= 0.6 is 0 Å². The van der Waals surface area contributed by atoms with Crippen LogP contribution in [0.2, 0.25) is 0 Å². The summed E-state index contributed by atoms with van der Waals surface area (Å²) in [5.41, 5.74) is 4.50. The molecule has 4 aliphatic heterocycles. The molecule has 188 valence electrons. The van der Waals surface area contributed by atoms with Crippen LogP contribution in [0.5, 0.6) is 23.0 Å². The van der Waals surface area contributed by atoms with Crippen molar-refractivity contribution in [2.45, 2.75) is 56.1 Å². The quantitative estimate of drug-likeness (QED) is 0.476. The normalized spacial score (nSPS) is 31.3. The summed E-state index contributed by atoms with van der Waals surface area (Å²) in [6.07, 6.45) is -5.19. The Morgan fingerprint density at radius 3 is 2.60 bits per heavy atom. The SMILES string of the molecule is COc1ccc2c(c1O[C@H]1O[C@@H](CO)[C@H](O)[C@@H](O)[C@@H]1O)CN1CCc3cc4c(cc3C1C2)OCO4. The maximum Gasteiger partial charge on any atom is 0.231 e. The Hall–Kier alpha value is -2.60. The zero-order valence-electron chi connectivity index (χ0n) is 19.3. The fourth-order valence-corrected chi connectivity index (χ4v) is 5.57. The van der Waals surface area contributed by atoms with Gasteiger partial charge < -0.3 is 44.1 Å². The van der Waals surface area contributed by atoms with Gasteiger partial charge in [-0.25, -0.2) is 0 Å². The molecule has 6 rings (SSSR count). The number of hydrogen-bond acceptors (Lipinski definition) is 10. The molecular formula is C25H29NO9. The minimum atomic E-state index is -1.52. The minimum absolute atomic E-state index is 0.175. The van der Waals surface area contributed by atoms with Crippen molar-refractivity contribution in [2.75, 3.05) is 27.1 Å². The number of fused-ring (bicyclic) bond motifs is 5. The first-order chi connectivity index (χ1) is 17.0. The molecule has 0 aromatic heterocycles. The van der Waals surface area contributed by atoms with Crippen LogP contribution in [0.25, 0.3) is 0 Å². The van der Waals surface area contributed by atoms with Crippen molar-refractivity contribution in [2.24, 2.45) is 0 Å². The molecule has 4 aliphatic rings. The maximum absolute atomic E-state index is 10.5. The van der Waals surface area contributed by atoms with Crippen molar-refractivity contribution >= 4 is 0 Å². The summed E-state index contributed by atoms with van der Waals surface area (Å²) in [7, 11) is 1.54. The van der Waals surface area contributed by atoms with Crippen molar-refractivity contribution in [3.05, 3.63) is 46.5 Å². The molecule has 10 nitrogen and oxygen atoms in total. The highest BCUT2D eigenvalue weighted by Crippen LogP contribution is 2.47. The van der Waals surface area contributed by atoms with Gasteiger partial charge in [0, 0.05) is 24.7 Å². The molecule has 0 bridgehead atoms. The molecule has 6 atom stereocenters. The van der Waals surface area contributed by atoms with Crippen LogP contribution in [0.15, 0.2) is 24.3 Å². The molecule has 1 saturated heterocycles. The molecule has 0 aliphatic carbocycles. The fourth-order valence-electron chi connectivity index (χ4n) is 5.57. The first-order valence-corrected chi connectivity index (χ1v) is 11.8. The van der Waals surface area contributed by atoms with E-state index in [1.165, 1.54) is 18.2 Å². The van der Waals surface area contributed by atoms with Gasteiger partial charge in [0.2, 0.25) is 13.1 Å². The lowest BCUT2D eigenvalue weighted by Crippen LogP contribution is -2.60. The van der Waals surface area contributed by atoms with Gasteiger partial charge in [0.05, 0.1) is 13.7 Å². The third-order valence-corrected chi connectivity index (χ3v) is 7.50. The molecule has 0 amide bonds. The van der Waals surface area contributed by atoms with Crippen LogP contribution in [0.4, 0.5) is 0 Å². The number of aliphatic hydroxyl groups is 4. The average Bonchev–Trinajstić information content (AvgIpc) is 3.34. The molecule has 0 radical (unpaired) electrons. The summed E-state index contributed by atoms with van der Waals surface area (Å²) in [6.45, 7) is 1.17.